The first-order valence-electron chi connectivity index (χ1n) is 7.84. The van der Waals surface area contributed by atoms with Crippen molar-refractivity contribution in [2.24, 2.45) is 0 Å². The summed E-state index contributed by atoms with van der Waals surface area (Å²) in [5.74, 6) is -0.769. The van der Waals surface area contributed by atoms with E-state index in [1.165, 1.54) is 0 Å². The van der Waals surface area contributed by atoms with Crippen molar-refractivity contribution >= 4 is 17.6 Å². The maximum Gasteiger partial charge on any atom is 0.335 e. The van der Waals surface area contributed by atoms with Crippen molar-refractivity contribution in [3.63, 3.8) is 0 Å². The van der Waals surface area contributed by atoms with Crippen LogP contribution >= 0.6 is 0 Å². The molecule has 1 aliphatic heterocycles. The highest BCUT2D eigenvalue weighted by atomic mass is 16.6. The Hall–Kier alpha value is -1.88. The van der Waals surface area contributed by atoms with Crippen molar-refractivity contribution in [3.05, 3.63) is 29.3 Å². The van der Waals surface area contributed by atoms with Crippen LogP contribution in [-0.4, -0.2) is 31.2 Å². The number of anilines is 1. The predicted octanol–water partition coefficient (Wildman–Crippen LogP) is 2.47. The summed E-state index contributed by atoms with van der Waals surface area (Å²) in [5, 5.41) is 2.87. The maximum atomic E-state index is 12.0. The van der Waals surface area contributed by atoms with E-state index < -0.39 is 12.1 Å². The fourth-order valence-electron chi connectivity index (χ4n) is 2.57. The lowest BCUT2D eigenvalue weighted by Gasteiger charge is -2.15. The van der Waals surface area contributed by atoms with E-state index in [4.69, 9.17) is 9.47 Å². The highest BCUT2D eigenvalue weighted by Crippen LogP contribution is 2.22. The fraction of sp³-hybridized carbons (Fsp3) is 0.529. The number of hydrogen-bond donors (Lipinski definition) is 1. The van der Waals surface area contributed by atoms with E-state index in [2.05, 4.69) is 5.32 Å². The molecule has 1 saturated heterocycles. The predicted molar refractivity (Wildman–Crippen MR) is 83.8 cm³/mol. The molecule has 1 fully saturated rings. The SMILES string of the molecule is CCc1cccc(CC)c1NC(=O)COC(=O)[C@H]1CCCO1. The van der Waals surface area contributed by atoms with Crippen molar-refractivity contribution in [2.75, 3.05) is 18.5 Å². The summed E-state index contributed by atoms with van der Waals surface area (Å²) in [6, 6.07) is 5.98. The van der Waals surface area contributed by atoms with E-state index in [-0.39, 0.29) is 12.5 Å². The van der Waals surface area contributed by atoms with Gasteiger partial charge in [0.15, 0.2) is 12.7 Å². The average molecular weight is 305 g/mol. The van der Waals surface area contributed by atoms with Gasteiger partial charge in [-0.25, -0.2) is 4.79 Å². The van der Waals surface area contributed by atoms with E-state index in [1.54, 1.807) is 0 Å². The van der Waals surface area contributed by atoms with Gasteiger partial charge in [-0.05, 0) is 36.8 Å². The van der Waals surface area contributed by atoms with Gasteiger partial charge in [-0.2, -0.15) is 0 Å². The summed E-state index contributed by atoms with van der Waals surface area (Å²) in [5.41, 5.74) is 3.00. The summed E-state index contributed by atoms with van der Waals surface area (Å²) >= 11 is 0. The Kier molecular flexibility index (Phi) is 5.95. The van der Waals surface area contributed by atoms with Gasteiger partial charge in [0.25, 0.3) is 5.91 Å². The number of hydrogen-bond acceptors (Lipinski definition) is 4. The Bertz CT molecular complexity index is 513. The van der Waals surface area contributed by atoms with Gasteiger partial charge in [0, 0.05) is 12.3 Å². The Morgan fingerprint density at radius 3 is 2.50 bits per heavy atom. The lowest BCUT2D eigenvalue weighted by molar-refractivity contribution is -0.156. The number of nitrogens with one attached hydrogen (secondary N) is 1. The number of ether oxygens (including phenoxy) is 2. The third kappa shape index (κ3) is 4.07. The van der Waals surface area contributed by atoms with E-state index in [0.29, 0.717) is 13.0 Å². The largest absolute Gasteiger partial charge is 0.454 e. The Balaban J connectivity index is 1.93. The first-order valence-corrected chi connectivity index (χ1v) is 7.84. The number of esters is 1. The number of para-hydroxylation sites is 1. The summed E-state index contributed by atoms with van der Waals surface area (Å²) < 4.78 is 10.3. The van der Waals surface area contributed by atoms with Crippen LogP contribution in [-0.2, 0) is 31.9 Å². The molecule has 2 rings (SSSR count). The van der Waals surface area contributed by atoms with Crippen LogP contribution in [0.3, 0.4) is 0 Å². The number of amides is 1. The number of carbonyl (C=O) groups is 2. The smallest absolute Gasteiger partial charge is 0.335 e. The molecule has 0 aliphatic carbocycles. The van der Waals surface area contributed by atoms with Crippen LogP contribution in [0.4, 0.5) is 5.69 Å². The lowest BCUT2D eigenvalue weighted by Crippen LogP contribution is -2.27. The van der Waals surface area contributed by atoms with E-state index in [1.807, 2.05) is 32.0 Å². The molecule has 1 aromatic rings. The van der Waals surface area contributed by atoms with E-state index in [0.717, 1.165) is 36.1 Å². The molecule has 1 aliphatic rings. The molecule has 1 heterocycles. The molecule has 1 atom stereocenters. The van der Waals surface area contributed by atoms with Crippen LogP contribution < -0.4 is 5.32 Å². The Morgan fingerprint density at radius 2 is 1.95 bits per heavy atom. The Labute approximate surface area is 131 Å². The zero-order valence-electron chi connectivity index (χ0n) is 13.2. The van der Waals surface area contributed by atoms with Crippen molar-refractivity contribution in [1.82, 2.24) is 0 Å². The minimum Gasteiger partial charge on any atom is -0.454 e. The summed E-state index contributed by atoms with van der Waals surface area (Å²) in [7, 11) is 0. The fourth-order valence-corrected chi connectivity index (χ4v) is 2.57. The van der Waals surface area contributed by atoms with Gasteiger partial charge in [-0.1, -0.05) is 32.0 Å². The summed E-state index contributed by atoms with van der Waals surface area (Å²) in [4.78, 5) is 23.8. The molecule has 1 aromatic carbocycles. The highest BCUT2D eigenvalue weighted by molar-refractivity contribution is 5.94. The molecule has 5 heteroatoms. The quantitative estimate of drug-likeness (QED) is 0.820. The monoisotopic (exact) mass is 305 g/mol. The number of carbonyl (C=O) groups excluding carboxylic acids is 2. The molecular formula is C17H23NO4. The van der Waals surface area contributed by atoms with Crippen LogP contribution in [0, 0.1) is 0 Å². The molecule has 22 heavy (non-hydrogen) atoms. The minimum atomic E-state index is -0.512. The average Bonchev–Trinajstić information content (AvgIpc) is 3.07. The third-order valence-corrected chi connectivity index (χ3v) is 3.80. The molecular weight excluding hydrogens is 282 g/mol. The van der Waals surface area contributed by atoms with Crippen LogP contribution in [0.1, 0.15) is 37.8 Å². The van der Waals surface area contributed by atoms with Crippen molar-refractivity contribution in [2.45, 2.75) is 45.6 Å². The summed E-state index contributed by atoms with van der Waals surface area (Å²) in [6.07, 6.45) is 2.68. The first kappa shape index (κ1) is 16.5. The molecule has 5 nitrogen and oxygen atoms in total. The van der Waals surface area contributed by atoms with Crippen LogP contribution in [0.25, 0.3) is 0 Å². The van der Waals surface area contributed by atoms with Gasteiger partial charge in [0.1, 0.15) is 0 Å². The molecule has 0 bridgehead atoms. The van der Waals surface area contributed by atoms with E-state index >= 15 is 0 Å². The van der Waals surface area contributed by atoms with Gasteiger partial charge < -0.3 is 14.8 Å². The molecule has 1 amide bonds. The molecule has 0 aromatic heterocycles. The number of benzene rings is 1. The normalized spacial score (nSPS) is 17.3. The molecule has 0 spiro atoms. The summed E-state index contributed by atoms with van der Waals surface area (Å²) in [6.45, 7) is 4.39. The molecule has 0 saturated carbocycles. The van der Waals surface area contributed by atoms with Crippen LogP contribution in [0.15, 0.2) is 18.2 Å². The highest BCUT2D eigenvalue weighted by Gasteiger charge is 2.25. The van der Waals surface area contributed by atoms with Crippen LogP contribution in [0.2, 0.25) is 0 Å². The van der Waals surface area contributed by atoms with E-state index in [9.17, 15) is 9.59 Å². The molecule has 0 unspecified atom stereocenters. The van der Waals surface area contributed by atoms with Gasteiger partial charge >= 0.3 is 5.97 Å². The van der Waals surface area contributed by atoms with Gasteiger partial charge in [-0.15, -0.1) is 0 Å². The second-order valence-electron chi connectivity index (χ2n) is 5.32. The second-order valence-corrected chi connectivity index (χ2v) is 5.32. The van der Waals surface area contributed by atoms with Crippen LogP contribution in [0.5, 0.6) is 0 Å². The standard InChI is InChI=1S/C17H23NO4/c1-3-12-7-5-8-13(4-2)16(12)18-15(19)11-22-17(20)14-9-6-10-21-14/h5,7-8,14H,3-4,6,9-11H2,1-2H3,(H,18,19)/t14-/m1/s1. The van der Waals surface area contributed by atoms with Crippen molar-refractivity contribution in [3.8, 4) is 0 Å². The third-order valence-electron chi connectivity index (χ3n) is 3.80. The zero-order chi connectivity index (χ0) is 15.9. The van der Waals surface area contributed by atoms with Crippen molar-refractivity contribution < 1.29 is 19.1 Å². The number of rotatable bonds is 6. The molecule has 1 N–H and O–H groups in total. The zero-order valence-corrected chi connectivity index (χ0v) is 13.2. The van der Waals surface area contributed by atoms with Gasteiger partial charge in [0.05, 0.1) is 0 Å². The molecule has 0 radical (unpaired) electrons. The van der Waals surface area contributed by atoms with Crippen molar-refractivity contribution in [1.29, 1.82) is 0 Å². The van der Waals surface area contributed by atoms with Gasteiger partial charge in [-0.3, -0.25) is 4.79 Å². The molecule has 120 valence electrons. The van der Waals surface area contributed by atoms with Gasteiger partial charge in [0.2, 0.25) is 0 Å². The maximum absolute atomic E-state index is 12.0. The number of aryl methyl sites for hydroxylation is 2. The lowest BCUT2D eigenvalue weighted by atomic mass is 10.0. The topological polar surface area (TPSA) is 64.6 Å². The first-order chi connectivity index (χ1) is 10.7. The Morgan fingerprint density at radius 1 is 1.27 bits per heavy atom. The minimum absolute atomic E-state index is 0.278. The second kappa shape index (κ2) is 7.94.